The van der Waals surface area contributed by atoms with Crippen LogP contribution in [0.3, 0.4) is 0 Å². The molecule has 136 valence electrons. The van der Waals surface area contributed by atoms with Gasteiger partial charge in [-0.15, -0.1) is 11.8 Å². The van der Waals surface area contributed by atoms with Gasteiger partial charge in [-0.1, -0.05) is 0 Å². The number of nitrogens with zero attached hydrogens (tertiary/aromatic N) is 1. The number of amides is 2. The summed E-state index contributed by atoms with van der Waals surface area (Å²) in [6, 6.07) is 11.1. The Hall–Kier alpha value is -3.07. The second kappa shape index (κ2) is 8.86. The van der Waals surface area contributed by atoms with E-state index >= 15 is 0 Å². The van der Waals surface area contributed by atoms with Crippen molar-refractivity contribution in [3.8, 4) is 5.75 Å². The molecule has 9 heteroatoms. The predicted molar refractivity (Wildman–Crippen MR) is 99.7 cm³/mol. The Kier molecular flexibility index (Phi) is 6.56. The van der Waals surface area contributed by atoms with Crippen LogP contribution in [0.25, 0.3) is 0 Å². The molecule has 0 aliphatic carbocycles. The number of hydrogen-bond donors (Lipinski definition) is 2. The smallest absolute Gasteiger partial charge is 0.273 e. The van der Waals surface area contributed by atoms with Gasteiger partial charge >= 0.3 is 0 Å². The summed E-state index contributed by atoms with van der Waals surface area (Å²) in [4.78, 5) is 34.2. The van der Waals surface area contributed by atoms with Crippen LogP contribution in [0, 0.1) is 10.1 Å². The summed E-state index contributed by atoms with van der Waals surface area (Å²) in [6.45, 7) is 1.43. The highest BCUT2D eigenvalue weighted by Gasteiger charge is 2.13. The molecule has 0 spiro atoms. The van der Waals surface area contributed by atoms with E-state index in [9.17, 15) is 19.7 Å². The van der Waals surface area contributed by atoms with E-state index in [1.165, 1.54) is 44.0 Å². The van der Waals surface area contributed by atoms with Crippen molar-refractivity contribution in [2.45, 2.75) is 11.8 Å². The first-order valence-corrected chi connectivity index (χ1v) is 8.50. The summed E-state index contributed by atoms with van der Waals surface area (Å²) in [5, 5.41) is 16.1. The van der Waals surface area contributed by atoms with E-state index in [4.69, 9.17) is 4.74 Å². The van der Waals surface area contributed by atoms with Gasteiger partial charge in [-0.3, -0.25) is 19.7 Å². The molecule has 0 radical (unpaired) electrons. The van der Waals surface area contributed by atoms with E-state index in [2.05, 4.69) is 10.6 Å². The van der Waals surface area contributed by atoms with Crippen molar-refractivity contribution in [2.75, 3.05) is 23.5 Å². The van der Waals surface area contributed by atoms with Crippen LogP contribution in [0.15, 0.2) is 47.4 Å². The van der Waals surface area contributed by atoms with Crippen molar-refractivity contribution < 1.29 is 19.2 Å². The molecule has 0 heterocycles. The number of ether oxygens (including phenoxy) is 1. The molecule has 0 saturated heterocycles. The fraction of sp³-hybridized carbons (Fsp3) is 0.176. The Balaban J connectivity index is 1.94. The average molecular weight is 375 g/mol. The number of carbonyl (C=O) groups is 2. The maximum absolute atomic E-state index is 12.1. The van der Waals surface area contributed by atoms with Gasteiger partial charge in [0.2, 0.25) is 11.8 Å². The first kappa shape index (κ1) is 19.3. The highest BCUT2D eigenvalue weighted by atomic mass is 32.2. The molecule has 0 aromatic heterocycles. The molecule has 0 atom stereocenters. The van der Waals surface area contributed by atoms with Gasteiger partial charge in [-0.2, -0.15) is 0 Å². The maximum Gasteiger partial charge on any atom is 0.273 e. The molecule has 0 unspecified atom stereocenters. The number of anilines is 2. The molecule has 2 N–H and O–H groups in total. The Bertz CT molecular complexity index is 824. The molecular weight excluding hydrogens is 358 g/mol. The molecule has 0 bridgehead atoms. The normalized spacial score (nSPS) is 10.1. The van der Waals surface area contributed by atoms with Crippen LogP contribution < -0.4 is 15.4 Å². The van der Waals surface area contributed by atoms with Crippen molar-refractivity contribution in [3.05, 3.63) is 52.6 Å². The van der Waals surface area contributed by atoms with E-state index < -0.39 is 4.92 Å². The van der Waals surface area contributed by atoms with Crippen molar-refractivity contribution in [3.63, 3.8) is 0 Å². The molecule has 26 heavy (non-hydrogen) atoms. The van der Waals surface area contributed by atoms with Gasteiger partial charge in [-0.05, 0) is 30.3 Å². The molecule has 0 saturated carbocycles. The second-order valence-corrected chi connectivity index (χ2v) is 6.23. The van der Waals surface area contributed by atoms with Crippen molar-refractivity contribution in [2.24, 2.45) is 0 Å². The number of methoxy groups -OCH3 is 1. The monoisotopic (exact) mass is 375 g/mol. The van der Waals surface area contributed by atoms with Crippen LogP contribution in [-0.4, -0.2) is 29.6 Å². The van der Waals surface area contributed by atoms with Gasteiger partial charge in [0, 0.05) is 23.6 Å². The Morgan fingerprint density at radius 3 is 2.42 bits per heavy atom. The highest BCUT2D eigenvalue weighted by Crippen LogP contribution is 2.29. The third-order valence-corrected chi connectivity index (χ3v) is 4.23. The minimum absolute atomic E-state index is 0.117. The first-order valence-electron chi connectivity index (χ1n) is 7.52. The molecule has 2 rings (SSSR count). The zero-order valence-electron chi connectivity index (χ0n) is 14.1. The summed E-state index contributed by atoms with van der Waals surface area (Å²) in [6.07, 6.45) is 0. The minimum atomic E-state index is -0.533. The summed E-state index contributed by atoms with van der Waals surface area (Å²) in [5.41, 5.74) is 0.931. The van der Waals surface area contributed by atoms with Crippen LogP contribution in [-0.2, 0) is 9.59 Å². The third-order valence-electron chi connectivity index (χ3n) is 3.21. The number of hydrogen-bond acceptors (Lipinski definition) is 6. The summed E-state index contributed by atoms with van der Waals surface area (Å²) in [5.74, 6) is -0.0493. The van der Waals surface area contributed by atoms with Crippen LogP contribution in [0.4, 0.5) is 17.1 Å². The first-order chi connectivity index (χ1) is 12.4. The molecular formula is C17H17N3O5S. The molecule has 2 amide bonds. The van der Waals surface area contributed by atoms with Crippen molar-refractivity contribution in [1.82, 2.24) is 0 Å². The van der Waals surface area contributed by atoms with Gasteiger partial charge in [0.15, 0.2) is 0 Å². The lowest BCUT2D eigenvalue weighted by molar-refractivity contribution is -0.384. The number of rotatable bonds is 7. The van der Waals surface area contributed by atoms with Crippen LogP contribution in [0.5, 0.6) is 5.75 Å². The average Bonchev–Trinajstić information content (AvgIpc) is 2.60. The molecule has 0 aliphatic heterocycles. The number of benzene rings is 2. The Morgan fingerprint density at radius 2 is 1.85 bits per heavy atom. The topological polar surface area (TPSA) is 111 Å². The lowest BCUT2D eigenvalue weighted by atomic mass is 10.2. The quantitative estimate of drug-likeness (QED) is 0.436. The lowest BCUT2D eigenvalue weighted by Crippen LogP contribution is -2.14. The molecule has 2 aromatic carbocycles. The zero-order valence-corrected chi connectivity index (χ0v) is 15.0. The summed E-state index contributed by atoms with van der Waals surface area (Å²) >= 11 is 1.32. The molecule has 0 aliphatic rings. The van der Waals surface area contributed by atoms with Gasteiger partial charge in [0.1, 0.15) is 5.75 Å². The van der Waals surface area contributed by atoms with Crippen LogP contribution in [0.1, 0.15) is 6.92 Å². The van der Waals surface area contributed by atoms with E-state index in [1.54, 1.807) is 24.3 Å². The van der Waals surface area contributed by atoms with Gasteiger partial charge in [0.05, 0.1) is 29.5 Å². The fourth-order valence-electron chi connectivity index (χ4n) is 2.07. The molecule has 2 aromatic rings. The predicted octanol–water partition coefficient (Wildman–Crippen LogP) is 3.29. The van der Waals surface area contributed by atoms with Crippen molar-refractivity contribution >= 4 is 40.6 Å². The third kappa shape index (κ3) is 5.49. The van der Waals surface area contributed by atoms with Gasteiger partial charge < -0.3 is 15.4 Å². The van der Waals surface area contributed by atoms with E-state index in [-0.39, 0.29) is 29.0 Å². The molecule has 0 fully saturated rings. The maximum atomic E-state index is 12.1. The number of non-ortho nitro benzene ring substituents is 1. The molecule has 8 nitrogen and oxygen atoms in total. The van der Waals surface area contributed by atoms with E-state index in [0.717, 1.165) is 4.90 Å². The number of nitrogens with one attached hydrogen (secondary N) is 2. The van der Waals surface area contributed by atoms with Gasteiger partial charge in [-0.25, -0.2) is 0 Å². The van der Waals surface area contributed by atoms with E-state index in [1.807, 2.05) is 0 Å². The van der Waals surface area contributed by atoms with Crippen LogP contribution >= 0.6 is 11.8 Å². The lowest BCUT2D eigenvalue weighted by Gasteiger charge is -2.10. The SMILES string of the molecule is COc1cc([N+](=O)[O-])ccc1NC(=O)CSc1ccc(NC(C)=O)cc1. The largest absolute Gasteiger partial charge is 0.494 e. The van der Waals surface area contributed by atoms with Crippen molar-refractivity contribution in [1.29, 1.82) is 0 Å². The number of thioether (sulfide) groups is 1. The minimum Gasteiger partial charge on any atom is -0.494 e. The summed E-state index contributed by atoms with van der Waals surface area (Å²) < 4.78 is 5.08. The number of nitro groups is 1. The highest BCUT2D eigenvalue weighted by molar-refractivity contribution is 8.00. The Morgan fingerprint density at radius 1 is 1.15 bits per heavy atom. The fourth-order valence-corrected chi connectivity index (χ4v) is 2.77. The zero-order chi connectivity index (χ0) is 19.1. The second-order valence-electron chi connectivity index (χ2n) is 5.18. The van der Waals surface area contributed by atoms with E-state index in [0.29, 0.717) is 11.4 Å². The number of nitro benzene ring substituents is 1. The number of carbonyl (C=O) groups excluding carboxylic acids is 2. The van der Waals surface area contributed by atoms with Gasteiger partial charge in [0.25, 0.3) is 5.69 Å². The summed E-state index contributed by atoms with van der Waals surface area (Å²) in [7, 11) is 1.38. The van der Waals surface area contributed by atoms with Crippen LogP contribution in [0.2, 0.25) is 0 Å². The Labute approximate surface area is 154 Å². The standard InChI is InChI=1S/C17H17N3O5S/c1-11(21)18-12-3-6-14(7-4-12)26-10-17(22)19-15-8-5-13(20(23)24)9-16(15)25-2/h3-9H,10H2,1-2H3,(H,18,21)(H,19,22).